The molecule has 0 radical (unpaired) electrons. The Morgan fingerprint density at radius 2 is 1.00 bits per heavy atom. The van der Waals surface area contributed by atoms with Gasteiger partial charge in [0, 0.05) is 26.2 Å². The summed E-state index contributed by atoms with van der Waals surface area (Å²) in [7, 11) is 2.78. The van der Waals surface area contributed by atoms with Crippen molar-refractivity contribution in [3.63, 3.8) is 0 Å². The van der Waals surface area contributed by atoms with Gasteiger partial charge < -0.3 is 40.2 Å². The highest BCUT2D eigenvalue weighted by Gasteiger charge is 2.28. The number of rotatable bonds is 6. The lowest BCUT2D eigenvalue weighted by molar-refractivity contribution is -0.144. The lowest BCUT2D eigenvalue weighted by Gasteiger charge is -2.28. The summed E-state index contributed by atoms with van der Waals surface area (Å²) in [5.41, 5.74) is -0.963. The van der Waals surface area contributed by atoms with Crippen molar-refractivity contribution in [2.45, 2.75) is 90.5 Å². The SMILES string of the molecule is COC(=O)[C@@H]1CC[C@@H](CNC(=O)OC(C)(C)C)CN1.COC(=O)[C@H]1CC[C@H](CNC(=O)OC(C)(C)C)CN1. The molecule has 2 saturated heterocycles. The lowest BCUT2D eigenvalue weighted by Crippen LogP contribution is -2.47. The van der Waals surface area contributed by atoms with Gasteiger partial charge in [0.25, 0.3) is 0 Å². The van der Waals surface area contributed by atoms with Crippen LogP contribution in [-0.4, -0.2) is 87.8 Å². The molecule has 0 bridgehead atoms. The Morgan fingerprint density at radius 1 is 0.658 bits per heavy atom. The van der Waals surface area contributed by atoms with Gasteiger partial charge in [-0.25, -0.2) is 9.59 Å². The Kier molecular flexibility index (Phi) is 13.8. The Bertz CT molecular complexity index is 698. The molecule has 2 heterocycles. The topological polar surface area (TPSA) is 153 Å². The first-order valence-electron chi connectivity index (χ1n) is 13.2. The number of alkyl carbamates (subject to hydrolysis) is 2. The second kappa shape index (κ2) is 15.7. The zero-order valence-electron chi connectivity index (χ0n) is 24.2. The van der Waals surface area contributed by atoms with Gasteiger partial charge in [-0.05, 0) is 79.1 Å². The van der Waals surface area contributed by atoms with Crippen LogP contribution in [0.1, 0.15) is 67.2 Å². The van der Waals surface area contributed by atoms with Gasteiger partial charge in [-0.2, -0.15) is 0 Å². The highest BCUT2D eigenvalue weighted by atomic mass is 16.6. The van der Waals surface area contributed by atoms with Gasteiger partial charge in [-0.1, -0.05) is 0 Å². The normalized spacial score (nSPS) is 23.6. The van der Waals surface area contributed by atoms with E-state index in [0.29, 0.717) is 38.0 Å². The molecule has 0 unspecified atom stereocenters. The fraction of sp³-hybridized carbons (Fsp3) is 0.846. The van der Waals surface area contributed by atoms with Crippen molar-refractivity contribution in [2.24, 2.45) is 11.8 Å². The van der Waals surface area contributed by atoms with Crippen molar-refractivity contribution in [3.05, 3.63) is 0 Å². The number of hydrogen-bond donors (Lipinski definition) is 4. The van der Waals surface area contributed by atoms with E-state index in [9.17, 15) is 19.2 Å². The molecule has 38 heavy (non-hydrogen) atoms. The summed E-state index contributed by atoms with van der Waals surface area (Å²) in [4.78, 5) is 45.6. The molecule has 0 aromatic heterocycles. The molecule has 2 fully saturated rings. The van der Waals surface area contributed by atoms with Crippen LogP contribution in [0, 0.1) is 11.8 Å². The van der Waals surface area contributed by atoms with Gasteiger partial charge in [0.15, 0.2) is 0 Å². The molecule has 12 nitrogen and oxygen atoms in total. The van der Waals surface area contributed by atoms with Crippen LogP contribution < -0.4 is 21.3 Å². The number of carbonyl (C=O) groups is 4. The van der Waals surface area contributed by atoms with Gasteiger partial charge in [0.1, 0.15) is 23.3 Å². The summed E-state index contributed by atoms with van der Waals surface area (Å²) in [6.07, 6.45) is 2.41. The molecule has 2 rings (SSSR count). The molecule has 0 aromatic carbocycles. The molecule has 2 aliphatic heterocycles. The van der Waals surface area contributed by atoms with Gasteiger partial charge in [-0.15, -0.1) is 0 Å². The van der Waals surface area contributed by atoms with E-state index in [1.165, 1.54) is 14.2 Å². The molecule has 0 saturated carbocycles. The van der Waals surface area contributed by atoms with Crippen molar-refractivity contribution in [1.82, 2.24) is 21.3 Å². The zero-order chi connectivity index (χ0) is 28.9. The second-order valence-corrected chi connectivity index (χ2v) is 11.6. The van der Waals surface area contributed by atoms with E-state index in [0.717, 1.165) is 25.7 Å². The Morgan fingerprint density at radius 3 is 1.24 bits per heavy atom. The molecule has 0 spiro atoms. The van der Waals surface area contributed by atoms with Gasteiger partial charge in [-0.3, -0.25) is 9.59 Å². The van der Waals surface area contributed by atoms with E-state index in [-0.39, 0.29) is 24.0 Å². The number of methoxy groups -OCH3 is 2. The van der Waals surface area contributed by atoms with Crippen LogP contribution in [-0.2, 0) is 28.5 Å². The van der Waals surface area contributed by atoms with Gasteiger partial charge >= 0.3 is 24.1 Å². The summed E-state index contributed by atoms with van der Waals surface area (Å²) in [6.45, 7) is 13.5. The van der Waals surface area contributed by atoms with Gasteiger partial charge in [0.2, 0.25) is 0 Å². The van der Waals surface area contributed by atoms with Crippen LogP contribution in [0.25, 0.3) is 0 Å². The standard InChI is InChI=1S/2C13H24N2O4/c2*1-13(2,3)19-12(17)15-8-9-5-6-10(14-7-9)11(16)18-4/h2*9-10,14H,5-8H2,1-4H3,(H,15,17)/t2*9-,10+/m10/s1. The third-order valence-electron chi connectivity index (χ3n) is 5.87. The van der Waals surface area contributed by atoms with Crippen molar-refractivity contribution < 1.29 is 38.1 Å². The molecule has 2 amide bonds. The number of carbonyl (C=O) groups excluding carboxylic acids is 4. The number of nitrogens with one attached hydrogen (secondary N) is 4. The van der Waals surface area contributed by atoms with Crippen LogP contribution >= 0.6 is 0 Å². The maximum Gasteiger partial charge on any atom is 0.407 e. The summed E-state index contributed by atoms with van der Waals surface area (Å²) in [6, 6.07) is -0.439. The van der Waals surface area contributed by atoms with E-state index in [1.54, 1.807) is 0 Å². The van der Waals surface area contributed by atoms with Gasteiger partial charge in [0.05, 0.1) is 14.2 Å². The minimum Gasteiger partial charge on any atom is -0.468 e. The Balaban J connectivity index is 0.000000380. The third-order valence-corrected chi connectivity index (χ3v) is 5.87. The highest BCUT2D eigenvalue weighted by molar-refractivity contribution is 5.76. The van der Waals surface area contributed by atoms with E-state index in [2.05, 4.69) is 30.7 Å². The van der Waals surface area contributed by atoms with Crippen LogP contribution in [0.5, 0.6) is 0 Å². The molecule has 2 aliphatic rings. The smallest absolute Gasteiger partial charge is 0.407 e. The number of esters is 2. The maximum atomic E-state index is 11.5. The first kappa shape index (κ1) is 33.4. The van der Waals surface area contributed by atoms with Crippen LogP contribution in [0.3, 0.4) is 0 Å². The fourth-order valence-electron chi connectivity index (χ4n) is 3.95. The summed E-state index contributed by atoms with van der Waals surface area (Å²) in [5.74, 6) is 0.180. The van der Waals surface area contributed by atoms with E-state index in [1.807, 2.05) is 41.5 Å². The van der Waals surface area contributed by atoms with Crippen molar-refractivity contribution in [3.8, 4) is 0 Å². The van der Waals surface area contributed by atoms with Crippen molar-refractivity contribution in [2.75, 3.05) is 40.4 Å². The van der Waals surface area contributed by atoms with Crippen LogP contribution in [0.2, 0.25) is 0 Å². The Hall–Kier alpha value is -2.60. The minimum absolute atomic E-state index is 0.220. The predicted octanol–water partition coefficient (Wildman–Crippen LogP) is 2.10. The molecule has 0 aromatic rings. The largest absolute Gasteiger partial charge is 0.468 e. The third kappa shape index (κ3) is 14.4. The van der Waals surface area contributed by atoms with Crippen molar-refractivity contribution in [1.29, 1.82) is 0 Å². The van der Waals surface area contributed by atoms with E-state index in [4.69, 9.17) is 9.47 Å². The first-order valence-corrected chi connectivity index (χ1v) is 13.2. The summed E-state index contributed by atoms with van der Waals surface area (Å²) < 4.78 is 19.7. The number of amides is 2. The minimum atomic E-state index is -0.481. The summed E-state index contributed by atoms with van der Waals surface area (Å²) >= 11 is 0. The van der Waals surface area contributed by atoms with Crippen LogP contribution in [0.4, 0.5) is 9.59 Å². The molecule has 12 heteroatoms. The molecule has 220 valence electrons. The molecular weight excluding hydrogens is 496 g/mol. The number of hydrogen-bond acceptors (Lipinski definition) is 10. The fourth-order valence-corrected chi connectivity index (χ4v) is 3.95. The molecular formula is C26H48N4O8. The molecule has 4 atom stereocenters. The quantitative estimate of drug-likeness (QED) is 0.289. The van der Waals surface area contributed by atoms with E-state index >= 15 is 0 Å². The second-order valence-electron chi connectivity index (χ2n) is 11.6. The first-order chi connectivity index (χ1) is 17.6. The molecule has 4 N–H and O–H groups in total. The van der Waals surface area contributed by atoms with Crippen molar-refractivity contribution >= 4 is 24.1 Å². The monoisotopic (exact) mass is 544 g/mol. The average Bonchev–Trinajstić information content (AvgIpc) is 2.84. The number of ether oxygens (including phenoxy) is 4. The zero-order valence-corrected chi connectivity index (χ0v) is 24.2. The predicted molar refractivity (Wildman–Crippen MR) is 142 cm³/mol. The Labute approximate surface area is 226 Å². The van der Waals surface area contributed by atoms with Crippen LogP contribution in [0.15, 0.2) is 0 Å². The van der Waals surface area contributed by atoms with E-state index < -0.39 is 23.4 Å². The summed E-state index contributed by atoms with van der Waals surface area (Å²) in [5, 5.41) is 11.7. The number of piperidine rings is 2. The highest BCUT2D eigenvalue weighted by Crippen LogP contribution is 2.16. The molecule has 0 aliphatic carbocycles. The average molecular weight is 545 g/mol. The lowest BCUT2D eigenvalue weighted by atomic mass is 9.95. The maximum absolute atomic E-state index is 11.5.